The lowest BCUT2D eigenvalue weighted by Gasteiger charge is -2.14. The number of nitrogens with two attached hydrogens (primary N) is 1. The van der Waals surface area contributed by atoms with Gasteiger partial charge in [-0.05, 0) is 48.9 Å². The van der Waals surface area contributed by atoms with E-state index in [0.717, 1.165) is 11.3 Å². The molecule has 0 saturated carbocycles. The molecule has 0 unspecified atom stereocenters. The molecule has 0 aliphatic rings. The highest BCUT2D eigenvalue weighted by molar-refractivity contribution is 6.31. The summed E-state index contributed by atoms with van der Waals surface area (Å²) >= 11 is 6.14. The summed E-state index contributed by atoms with van der Waals surface area (Å²) in [6, 6.07) is 12.2. The van der Waals surface area contributed by atoms with Crippen LogP contribution in [0.15, 0.2) is 48.8 Å². The molecule has 1 heterocycles. The summed E-state index contributed by atoms with van der Waals surface area (Å²) in [4.78, 5) is 20.5. The van der Waals surface area contributed by atoms with Gasteiger partial charge in [-0.3, -0.25) is 15.6 Å². The van der Waals surface area contributed by atoms with Crippen molar-refractivity contribution in [2.45, 2.75) is 6.92 Å². The van der Waals surface area contributed by atoms with Gasteiger partial charge < -0.3 is 15.8 Å². The van der Waals surface area contributed by atoms with E-state index >= 15 is 0 Å². The van der Waals surface area contributed by atoms with Crippen LogP contribution >= 0.6 is 11.6 Å². The Morgan fingerprint density at radius 1 is 1.11 bits per heavy atom. The Bertz CT molecular complexity index is 994. The molecule has 0 aliphatic heterocycles. The Balaban J connectivity index is 1.72. The number of benzene rings is 2. The molecule has 0 atom stereocenters. The fourth-order valence-corrected chi connectivity index (χ4v) is 2.57. The van der Waals surface area contributed by atoms with Crippen LogP contribution < -0.4 is 26.6 Å². The second kappa shape index (κ2) is 8.45. The summed E-state index contributed by atoms with van der Waals surface area (Å²) in [5, 5.41) is 3.75. The Kier molecular flexibility index (Phi) is 5.81. The van der Waals surface area contributed by atoms with Crippen LogP contribution in [0.2, 0.25) is 5.02 Å². The molecule has 0 spiro atoms. The average Bonchev–Trinajstić information content (AvgIpc) is 2.71. The number of halogens is 1. The molecular formula is C19H19ClN6O2. The zero-order valence-electron chi connectivity index (χ0n) is 15.3. The minimum Gasteiger partial charge on any atom is -0.497 e. The first-order valence-electron chi connectivity index (χ1n) is 8.32. The second-order valence-corrected chi connectivity index (χ2v) is 6.24. The van der Waals surface area contributed by atoms with Crippen LogP contribution in [0, 0.1) is 6.92 Å². The first-order chi connectivity index (χ1) is 13.5. The highest BCUT2D eigenvalue weighted by Crippen LogP contribution is 2.29. The molecule has 1 aromatic heterocycles. The van der Waals surface area contributed by atoms with Crippen LogP contribution in [0.25, 0.3) is 0 Å². The summed E-state index contributed by atoms with van der Waals surface area (Å²) in [6.07, 6.45) is 1.33. The van der Waals surface area contributed by atoms with Crippen LogP contribution in [0.5, 0.6) is 5.75 Å². The van der Waals surface area contributed by atoms with Gasteiger partial charge >= 0.3 is 0 Å². The Hall–Kier alpha value is -3.52. The van der Waals surface area contributed by atoms with E-state index in [1.165, 1.54) is 6.33 Å². The highest BCUT2D eigenvalue weighted by atomic mass is 35.5. The van der Waals surface area contributed by atoms with Gasteiger partial charge in [-0.15, -0.1) is 0 Å². The predicted octanol–water partition coefficient (Wildman–Crippen LogP) is 3.53. The molecule has 5 N–H and O–H groups in total. The number of rotatable bonds is 6. The predicted molar refractivity (Wildman–Crippen MR) is 110 cm³/mol. The summed E-state index contributed by atoms with van der Waals surface area (Å²) < 4.78 is 5.08. The van der Waals surface area contributed by atoms with Crippen molar-refractivity contribution in [2.75, 3.05) is 23.6 Å². The summed E-state index contributed by atoms with van der Waals surface area (Å²) in [5.74, 6) is 0.970. The van der Waals surface area contributed by atoms with E-state index < -0.39 is 0 Å². The molecule has 3 aromatic rings. The number of carbonyl (C=O) groups is 1. The van der Waals surface area contributed by atoms with Crippen molar-refractivity contribution in [1.29, 1.82) is 0 Å². The third-order valence-electron chi connectivity index (χ3n) is 4.05. The van der Waals surface area contributed by atoms with Crippen molar-refractivity contribution in [3.05, 3.63) is 64.9 Å². The SMILES string of the molecule is COc1ccc(C(=O)NNc2ncnc(Nc3cccc(Cl)c3C)c2N)cc1. The molecule has 3 rings (SSSR count). The van der Waals surface area contributed by atoms with Gasteiger partial charge in [0, 0.05) is 16.3 Å². The topological polar surface area (TPSA) is 114 Å². The first kappa shape index (κ1) is 19.2. The van der Waals surface area contributed by atoms with Crippen molar-refractivity contribution >= 4 is 40.5 Å². The molecule has 144 valence electrons. The quantitative estimate of drug-likeness (QED) is 0.469. The fourth-order valence-electron chi connectivity index (χ4n) is 2.40. The number of hydrazine groups is 1. The number of hydrogen-bond donors (Lipinski definition) is 4. The van der Waals surface area contributed by atoms with Crippen LogP contribution in [0.3, 0.4) is 0 Å². The van der Waals surface area contributed by atoms with Gasteiger partial charge in [-0.1, -0.05) is 17.7 Å². The van der Waals surface area contributed by atoms with Crippen LogP contribution in [-0.4, -0.2) is 23.0 Å². The van der Waals surface area contributed by atoms with Crippen LogP contribution in [0.1, 0.15) is 15.9 Å². The molecular weight excluding hydrogens is 380 g/mol. The largest absolute Gasteiger partial charge is 0.497 e. The minimum absolute atomic E-state index is 0.247. The average molecular weight is 399 g/mol. The van der Waals surface area contributed by atoms with Crippen molar-refractivity contribution in [2.24, 2.45) is 0 Å². The van der Waals surface area contributed by atoms with Crippen molar-refractivity contribution in [1.82, 2.24) is 15.4 Å². The monoisotopic (exact) mass is 398 g/mol. The van der Waals surface area contributed by atoms with Gasteiger partial charge in [0.05, 0.1) is 7.11 Å². The molecule has 28 heavy (non-hydrogen) atoms. The lowest BCUT2D eigenvalue weighted by molar-refractivity contribution is 0.0962. The van der Waals surface area contributed by atoms with E-state index in [4.69, 9.17) is 22.1 Å². The molecule has 0 saturated heterocycles. The summed E-state index contributed by atoms with van der Waals surface area (Å²) in [7, 11) is 1.56. The molecule has 0 fully saturated rings. The molecule has 1 amide bonds. The standard InChI is InChI=1S/C19H19ClN6O2/c1-11-14(20)4-3-5-15(11)24-17-16(21)18(23-10-22-17)25-26-19(27)12-6-8-13(28-2)9-7-12/h3-10H,21H2,1-2H3,(H,26,27)(H2,22,23,24,25). The lowest BCUT2D eigenvalue weighted by Crippen LogP contribution is -2.30. The first-order valence-corrected chi connectivity index (χ1v) is 8.70. The Labute approximate surface area is 167 Å². The van der Waals surface area contributed by atoms with Gasteiger partial charge in [-0.25, -0.2) is 9.97 Å². The van der Waals surface area contributed by atoms with E-state index in [0.29, 0.717) is 22.2 Å². The number of nitrogens with zero attached hydrogens (tertiary/aromatic N) is 2. The molecule has 0 aliphatic carbocycles. The number of aromatic nitrogens is 2. The van der Waals surface area contributed by atoms with Crippen LogP contribution in [-0.2, 0) is 0 Å². The Morgan fingerprint density at radius 3 is 2.54 bits per heavy atom. The summed E-state index contributed by atoms with van der Waals surface area (Å²) in [6.45, 7) is 1.89. The van der Waals surface area contributed by atoms with Crippen molar-refractivity contribution in [3.8, 4) is 5.75 Å². The molecule has 8 nitrogen and oxygen atoms in total. The van der Waals surface area contributed by atoms with E-state index in [1.807, 2.05) is 19.1 Å². The van der Waals surface area contributed by atoms with E-state index in [9.17, 15) is 4.79 Å². The van der Waals surface area contributed by atoms with Gasteiger partial charge in [0.25, 0.3) is 5.91 Å². The second-order valence-electron chi connectivity index (χ2n) is 5.83. The van der Waals surface area contributed by atoms with E-state index in [2.05, 4.69) is 26.1 Å². The minimum atomic E-state index is -0.346. The zero-order valence-corrected chi connectivity index (χ0v) is 16.0. The van der Waals surface area contributed by atoms with E-state index in [-0.39, 0.29) is 17.4 Å². The van der Waals surface area contributed by atoms with Gasteiger partial charge in [0.2, 0.25) is 0 Å². The zero-order chi connectivity index (χ0) is 20.1. The maximum Gasteiger partial charge on any atom is 0.269 e. The summed E-state index contributed by atoms with van der Waals surface area (Å²) in [5.41, 5.74) is 13.7. The Morgan fingerprint density at radius 2 is 1.82 bits per heavy atom. The maximum atomic E-state index is 12.3. The number of nitrogens with one attached hydrogen (secondary N) is 3. The van der Waals surface area contributed by atoms with E-state index in [1.54, 1.807) is 37.4 Å². The number of carbonyl (C=O) groups excluding carboxylic acids is 1. The third kappa shape index (κ3) is 4.24. The number of nitrogen functional groups attached to an aromatic ring is 1. The molecule has 9 heteroatoms. The lowest BCUT2D eigenvalue weighted by atomic mass is 10.2. The van der Waals surface area contributed by atoms with Gasteiger partial charge in [0.1, 0.15) is 17.8 Å². The van der Waals surface area contributed by atoms with Crippen molar-refractivity contribution in [3.63, 3.8) is 0 Å². The number of hydrogen-bond acceptors (Lipinski definition) is 7. The molecule has 0 radical (unpaired) electrons. The molecule has 2 aromatic carbocycles. The normalized spacial score (nSPS) is 10.2. The highest BCUT2D eigenvalue weighted by Gasteiger charge is 2.12. The third-order valence-corrected chi connectivity index (χ3v) is 4.46. The van der Waals surface area contributed by atoms with Gasteiger partial charge in [0.15, 0.2) is 11.6 Å². The van der Waals surface area contributed by atoms with Gasteiger partial charge in [-0.2, -0.15) is 0 Å². The molecule has 0 bridgehead atoms. The number of methoxy groups -OCH3 is 1. The smallest absolute Gasteiger partial charge is 0.269 e. The van der Waals surface area contributed by atoms with Crippen LogP contribution in [0.4, 0.5) is 23.0 Å². The fraction of sp³-hybridized carbons (Fsp3) is 0.105. The van der Waals surface area contributed by atoms with Crippen molar-refractivity contribution < 1.29 is 9.53 Å². The maximum absolute atomic E-state index is 12.3. The number of anilines is 4. The number of amides is 1. The number of ether oxygens (including phenoxy) is 1.